The summed E-state index contributed by atoms with van der Waals surface area (Å²) in [6.07, 6.45) is 0.362. The largest absolute Gasteiger partial charge is 0.481 e. The number of anilines is 2. The number of hydrogen-bond donors (Lipinski definition) is 2. The summed E-state index contributed by atoms with van der Waals surface area (Å²) in [6.45, 7) is 5.56. The third-order valence-electron chi connectivity index (χ3n) is 3.87. The molecule has 2 rings (SSSR count). The molecular weight excluding hydrogens is 316 g/mol. The maximum absolute atomic E-state index is 12.6. The second-order valence-corrected chi connectivity index (χ2v) is 5.70. The minimum absolute atomic E-state index is 0.0644. The van der Waals surface area contributed by atoms with E-state index in [0.29, 0.717) is 30.0 Å². The van der Waals surface area contributed by atoms with Crippen LogP contribution in [0.25, 0.3) is 0 Å². The van der Waals surface area contributed by atoms with E-state index in [9.17, 15) is 9.59 Å². The molecule has 0 aromatic heterocycles. The first-order valence-electron chi connectivity index (χ1n) is 8.47. The fourth-order valence-electron chi connectivity index (χ4n) is 2.34. The van der Waals surface area contributed by atoms with Gasteiger partial charge in [0.2, 0.25) is 5.91 Å². The number of para-hydroxylation sites is 1. The topological polar surface area (TPSA) is 67.4 Å². The Morgan fingerprint density at radius 2 is 1.60 bits per heavy atom. The lowest BCUT2D eigenvalue weighted by Gasteiger charge is -2.19. The van der Waals surface area contributed by atoms with Crippen molar-refractivity contribution in [2.24, 2.45) is 0 Å². The SMILES string of the molecule is CCC(=O)Nc1cccc(NC(=O)C(CC)Oc2ccccc2)c1C. The smallest absolute Gasteiger partial charge is 0.265 e. The summed E-state index contributed by atoms with van der Waals surface area (Å²) in [4.78, 5) is 24.2. The van der Waals surface area contributed by atoms with E-state index in [4.69, 9.17) is 4.74 Å². The summed E-state index contributed by atoms with van der Waals surface area (Å²) in [5.41, 5.74) is 2.17. The zero-order chi connectivity index (χ0) is 18.2. The Bertz CT molecular complexity index is 729. The van der Waals surface area contributed by atoms with Crippen LogP contribution in [0.5, 0.6) is 5.75 Å². The average molecular weight is 340 g/mol. The molecule has 132 valence electrons. The molecule has 0 saturated carbocycles. The fraction of sp³-hybridized carbons (Fsp3) is 0.300. The van der Waals surface area contributed by atoms with Crippen LogP contribution in [-0.4, -0.2) is 17.9 Å². The van der Waals surface area contributed by atoms with E-state index in [1.807, 2.05) is 56.3 Å². The molecule has 1 atom stereocenters. The molecule has 2 aromatic rings. The lowest BCUT2D eigenvalue weighted by Crippen LogP contribution is -2.32. The normalized spacial score (nSPS) is 11.5. The molecule has 2 N–H and O–H groups in total. The molecule has 5 nitrogen and oxygen atoms in total. The lowest BCUT2D eigenvalue weighted by molar-refractivity contribution is -0.122. The van der Waals surface area contributed by atoms with Gasteiger partial charge in [0, 0.05) is 17.8 Å². The van der Waals surface area contributed by atoms with Crippen LogP contribution in [0.2, 0.25) is 0 Å². The predicted octanol–water partition coefficient (Wildman–Crippen LogP) is 4.14. The Balaban J connectivity index is 2.10. The third kappa shape index (κ3) is 5.08. The minimum Gasteiger partial charge on any atom is -0.481 e. The quantitative estimate of drug-likeness (QED) is 0.796. The van der Waals surface area contributed by atoms with Crippen molar-refractivity contribution in [3.05, 3.63) is 54.1 Å². The zero-order valence-corrected chi connectivity index (χ0v) is 14.8. The van der Waals surface area contributed by atoms with Gasteiger partial charge in [-0.25, -0.2) is 0 Å². The molecule has 0 aliphatic carbocycles. The number of amides is 2. The fourth-order valence-corrected chi connectivity index (χ4v) is 2.34. The van der Waals surface area contributed by atoms with Crippen molar-refractivity contribution in [1.29, 1.82) is 0 Å². The van der Waals surface area contributed by atoms with E-state index in [0.717, 1.165) is 5.56 Å². The highest BCUT2D eigenvalue weighted by Crippen LogP contribution is 2.24. The lowest BCUT2D eigenvalue weighted by atomic mass is 10.1. The molecule has 0 aliphatic heterocycles. The van der Waals surface area contributed by atoms with Crippen LogP contribution in [0, 0.1) is 6.92 Å². The van der Waals surface area contributed by atoms with Gasteiger partial charge in [-0.1, -0.05) is 38.1 Å². The minimum atomic E-state index is -0.587. The van der Waals surface area contributed by atoms with Gasteiger partial charge in [-0.05, 0) is 43.2 Å². The van der Waals surface area contributed by atoms with Gasteiger partial charge in [-0.2, -0.15) is 0 Å². The second kappa shape index (κ2) is 8.87. The summed E-state index contributed by atoms with van der Waals surface area (Å²) < 4.78 is 5.77. The van der Waals surface area contributed by atoms with Crippen molar-refractivity contribution in [2.75, 3.05) is 10.6 Å². The van der Waals surface area contributed by atoms with Gasteiger partial charge < -0.3 is 15.4 Å². The molecule has 0 aliphatic rings. The van der Waals surface area contributed by atoms with Gasteiger partial charge in [-0.3, -0.25) is 9.59 Å². The van der Waals surface area contributed by atoms with E-state index in [-0.39, 0.29) is 11.8 Å². The van der Waals surface area contributed by atoms with Crippen molar-refractivity contribution in [3.63, 3.8) is 0 Å². The number of carbonyl (C=O) groups is 2. The Hall–Kier alpha value is -2.82. The molecule has 0 heterocycles. The maximum atomic E-state index is 12.6. The zero-order valence-electron chi connectivity index (χ0n) is 14.8. The predicted molar refractivity (Wildman–Crippen MR) is 99.9 cm³/mol. The maximum Gasteiger partial charge on any atom is 0.265 e. The van der Waals surface area contributed by atoms with Crippen LogP contribution in [-0.2, 0) is 9.59 Å². The molecule has 5 heteroatoms. The number of nitrogens with one attached hydrogen (secondary N) is 2. The summed E-state index contributed by atoms with van der Waals surface area (Å²) in [6, 6.07) is 14.7. The van der Waals surface area contributed by atoms with Crippen LogP contribution < -0.4 is 15.4 Å². The molecule has 0 saturated heterocycles. The van der Waals surface area contributed by atoms with E-state index in [1.54, 1.807) is 13.0 Å². The molecule has 0 fully saturated rings. The van der Waals surface area contributed by atoms with Crippen molar-refractivity contribution in [1.82, 2.24) is 0 Å². The van der Waals surface area contributed by atoms with Gasteiger partial charge in [0.25, 0.3) is 5.91 Å². The number of rotatable bonds is 7. The van der Waals surface area contributed by atoms with Gasteiger partial charge in [0.05, 0.1) is 0 Å². The first-order valence-corrected chi connectivity index (χ1v) is 8.47. The molecule has 0 radical (unpaired) electrons. The first kappa shape index (κ1) is 18.5. The molecule has 1 unspecified atom stereocenters. The monoisotopic (exact) mass is 340 g/mol. The van der Waals surface area contributed by atoms with E-state index >= 15 is 0 Å². The molecule has 0 spiro atoms. The van der Waals surface area contributed by atoms with Gasteiger partial charge in [0.15, 0.2) is 6.10 Å². The number of ether oxygens (including phenoxy) is 1. The van der Waals surface area contributed by atoms with E-state index in [2.05, 4.69) is 10.6 Å². The van der Waals surface area contributed by atoms with Gasteiger partial charge >= 0.3 is 0 Å². The first-order chi connectivity index (χ1) is 12.0. The summed E-state index contributed by atoms with van der Waals surface area (Å²) >= 11 is 0. The standard InChI is InChI=1S/C20H24N2O3/c1-4-18(25-15-10-7-6-8-11-15)20(24)22-17-13-9-12-16(14(17)3)21-19(23)5-2/h6-13,18H,4-5H2,1-3H3,(H,21,23)(H,22,24). The Kier molecular flexibility index (Phi) is 6.57. The number of carbonyl (C=O) groups excluding carboxylic acids is 2. The number of benzene rings is 2. The van der Waals surface area contributed by atoms with E-state index < -0.39 is 6.10 Å². The highest BCUT2D eigenvalue weighted by molar-refractivity contribution is 5.97. The average Bonchev–Trinajstić information content (AvgIpc) is 2.63. The van der Waals surface area contributed by atoms with Crippen LogP contribution in [0.1, 0.15) is 32.3 Å². The summed E-state index contributed by atoms with van der Waals surface area (Å²) in [5.74, 6) is 0.379. The Morgan fingerprint density at radius 1 is 0.960 bits per heavy atom. The molecular formula is C20H24N2O3. The van der Waals surface area contributed by atoms with Crippen molar-refractivity contribution < 1.29 is 14.3 Å². The van der Waals surface area contributed by atoms with Crippen LogP contribution in [0.4, 0.5) is 11.4 Å². The molecule has 2 amide bonds. The summed E-state index contributed by atoms with van der Waals surface area (Å²) in [7, 11) is 0. The summed E-state index contributed by atoms with van der Waals surface area (Å²) in [5, 5.41) is 5.73. The number of hydrogen-bond acceptors (Lipinski definition) is 3. The van der Waals surface area contributed by atoms with Crippen molar-refractivity contribution in [2.45, 2.75) is 39.7 Å². The van der Waals surface area contributed by atoms with E-state index in [1.165, 1.54) is 0 Å². The van der Waals surface area contributed by atoms with Crippen molar-refractivity contribution >= 4 is 23.2 Å². The Labute approximate surface area is 148 Å². The highest BCUT2D eigenvalue weighted by Gasteiger charge is 2.19. The van der Waals surface area contributed by atoms with Crippen LogP contribution >= 0.6 is 0 Å². The van der Waals surface area contributed by atoms with Gasteiger partial charge in [-0.15, -0.1) is 0 Å². The second-order valence-electron chi connectivity index (χ2n) is 5.70. The van der Waals surface area contributed by atoms with Crippen molar-refractivity contribution in [3.8, 4) is 5.75 Å². The van der Waals surface area contributed by atoms with Crippen LogP contribution in [0.3, 0.4) is 0 Å². The third-order valence-corrected chi connectivity index (χ3v) is 3.87. The van der Waals surface area contributed by atoms with Gasteiger partial charge in [0.1, 0.15) is 5.75 Å². The molecule has 25 heavy (non-hydrogen) atoms. The molecule has 0 bridgehead atoms. The highest BCUT2D eigenvalue weighted by atomic mass is 16.5. The Morgan fingerprint density at radius 3 is 2.20 bits per heavy atom. The van der Waals surface area contributed by atoms with Crippen LogP contribution in [0.15, 0.2) is 48.5 Å². The molecule has 2 aromatic carbocycles.